The molecular weight excluding hydrogens is 228 g/mol. The molecule has 5 nitrogen and oxygen atoms in total. The van der Waals surface area contributed by atoms with Crippen LogP contribution >= 0.6 is 0 Å². The maximum Gasteiger partial charge on any atom is 0.272 e. The van der Waals surface area contributed by atoms with Gasteiger partial charge in [0.15, 0.2) is 0 Å². The van der Waals surface area contributed by atoms with Crippen molar-refractivity contribution in [1.29, 1.82) is 0 Å². The van der Waals surface area contributed by atoms with Gasteiger partial charge in [0.1, 0.15) is 5.69 Å². The van der Waals surface area contributed by atoms with Gasteiger partial charge in [-0.1, -0.05) is 12.8 Å². The molecule has 0 aromatic carbocycles. The quantitative estimate of drug-likeness (QED) is 0.852. The summed E-state index contributed by atoms with van der Waals surface area (Å²) in [6, 6.07) is 2.17. The first-order chi connectivity index (χ1) is 8.74. The van der Waals surface area contributed by atoms with Crippen LogP contribution in [0, 0.1) is 0 Å². The summed E-state index contributed by atoms with van der Waals surface area (Å²) >= 11 is 0. The van der Waals surface area contributed by atoms with Crippen LogP contribution < -0.4 is 5.73 Å². The third-order valence-corrected chi connectivity index (χ3v) is 3.67. The van der Waals surface area contributed by atoms with Gasteiger partial charge in [0.2, 0.25) is 0 Å². The molecule has 0 radical (unpaired) electrons. The summed E-state index contributed by atoms with van der Waals surface area (Å²) < 4.78 is 1.65. The minimum atomic E-state index is 0.0929. The van der Waals surface area contributed by atoms with Crippen molar-refractivity contribution in [2.24, 2.45) is 12.8 Å². The molecule has 0 spiro atoms. The van der Waals surface area contributed by atoms with Crippen molar-refractivity contribution in [3.05, 3.63) is 18.0 Å². The van der Waals surface area contributed by atoms with Crippen LogP contribution in [-0.2, 0) is 7.05 Å². The normalized spacial score (nSPS) is 16.1. The fourth-order valence-corrected chi connectivity index (χ4v) is 2.66. The van der Waals surface area contributed by atoms with Crippen LogP contribution in [0.25, 0.3) is 0 Å². The molecule has 0 aliphatic heterocycles. The Morgan fingerprint density at radius 2 is 2.28 bits per heavy atom. The van der Waals surface area contributed by atoms with E-state index in [1.165, 1.54) is 12.8 Å². The molecule has 1 fully saturated rings. The minimum absolute atomic E-state index is 0.0929. The number of carbonyl (C=O) groups is 1. The van der Waals surface area contributed by atoms with Gasteiger partial charge in [-0.15, -0.1) is 0 Å². The molecule has 0 saturated heterocycles. The summed E-state index contributed by atoms with van der Waals surface area (Å²) in [5, 5.41) is 4.07. The Bertz CT molecular complexity index is 395. The highest BCUT2D eigenvalue weighted by molar-refractivity contribution is 5.92. The van der Waals surface area contributed by atoms with Crippen LogP contribution in [0.4, 0.5) is 0 Å². The second-order valence-electron chi connectivity index (χ2n) is 4.92. The van der Waals surface area contributed by atoms with E-state index in [1.54, 1.807) is 16.9 Å². The van der Waals surface area contributed by atoms with E-state index >= 15 is 0 Å². The fourth-order valence-electron chi connectivity index (χ4n) is 2.66. The highest BCUT2D eigenvalue weighted by atomic mass is 16.2. The molecule has 1 aromatic heterocycles. The largest absolute Gasteiger partial charge is 0.334 e. The van der Waals surface area contributed by atoms with Crippen LogP contribution in [0.3, 0.4) is 0 Å². The highest BCUT2D eigenvalue weighted by Gasteiger charge is 2.28. The van der Waals surface area contributed by atoms with E-state index < -0.39 is 0 Å². The Balaban J connectivity index is 2.12. The summed E-state index contributed by atoms with van der Waals surface area (Å²) in [6.07, 6.45) is 7.22. The maximum atomic E-state index is 12.5. The molecule has 0 atom stereocenters. The SMILES string of the molecule is Cn1nccc1C(=O)N(CCCN)C1CCCC1. The van der Waals surface area contributed by atoms with Crippen molar-refractivity contribution in [2.75, 3.05) is 13.1 Å². The molecule has 1 aromatic rings. The Labute approximate surface area is 108 Å². The number of carbonyl (C=O) groups excluding carboxylic acids is 1. The third kappa shape index (κ3) is 2.72. The van der Waals surface area contributed by atoms with E-state index in [-0.39, 0.29) is 5.91 Å². The van der Waals surface area contributed by atoms with Crippen molar-refractivity contribution >= 4 is 5.91 Å². The first-order valence-corrected chi connectivity index (χ1v) is 6.73. The van der Waals surface area contributed by atoms with Crippen LogP contribution in [0.1, 0.15) is 42.6 Å². The number of hydrogen-bond donors (Lipinski definition) is 1. The van der Waals surface area contributed by atoms with E-state index in [0.717, 1.165) is 25.8 Å². The molecule has 1 saturated carbocycles. The summed E-state index contributed by atoms with van der Waals surface area (Å²) in [6.45, 7) is 1.38. The van der Waals surface area contributed by atoms with Gasteiger partial charge in [0, 0.05) is 25.8 Å². The molecule has 5 heteroatoms. The predicted molar refractivity (Wildman–Crippen MR) is 70.2 cm³/mol. The Kier molecular flexibility index (Phi) is 4.36. The number of nitrogens with two attached hydrogens (primary N) is 1. The number of amides is 1. The van der Waals surface area contributed by atoms with Gasteiger partial charge in [-0.3, -0.25) is 9.48 Å². The standard InChI is InChI=1S/C13H22N4O/c1-16-12(7-9-15-16)13(18)17(10-4-8-14)11-5-2-3-6-11/h7,9,11H,2-6,8,10,14H2,1H3. The molecule has 1 aliphatic carbocycles. The summed E-state index contributed by atoms with van der Waals surface area (Å²) in [5.41, 5.74) is 6.23. The molecule has 0 bridgehead atoms. The van der Waals surface area contributed by atoms with Gasteiger partial charge in [-0.25, -0.2) is 0 Å². The lowest BCUT2D eigenvalue weighted by Crippen LogP contribution is -2.41. The fraction of sp³-hybridized carbons (Fsp3) is 0.692. The van der Waals surface area contributed by atoms with E-state index in [1.807, 2.05) is 11.9 Å². The second-order valence-corrected chi connectivity index (χ2v) is 4.92. The first-order valence-electron chi connectivity index (χ1n) is 6.73. The summed E-state index contributed by atoms with van der Waals surface area (Å²) in [4.78, 5) is 14.5. The van der Waals surface area contributed by atoms with Crippen LogP contribution in [0.5, 0.6) is 0 Å². The van der Waals surface area contributed by atoms with E-state index in [9.17, 15) is 4.79 Å². The van der Waals surface area contributed by atoms with Gasteiger partial charge in [-0.05, 0) is 31.9 Å². The zero-order chi connectivity index (χ0) is 13.0. The lowest BCUT2D eigenvalue weighted by atomic mass is 10.2. The van der Waals surface area contributed by atoms with Gasteiger partial charge in [0.25, 0.3) is 5.91 Å². The lowest BCUT2D eigenvalue weighted by molar-refractivity contribution is 0.0669. The number of rotatable bonds is 5. The number of hydrogen-bond acceptors (Lipinski definition) is 3. The maximum absolute atomic E-state index is 12.5. The first kappa shape index (κ1) is 13.1. The molecule has 0 unspecified atom stereocenters. The van der Waals surface area contributed by atoms with Crippen molar-refractivity contribution in [3.8, 4) is 0 Å². The lowest BCUT2D eigenvalue weighted by Gasteiger charge is -2.28. The van der Waals surface area contributed by atoms with Gasteiger partial charge < -0.3 is 10.6 Å². The van der Waals surface area contributed by atoms with Crippen molar-refractivity contribution < 1.29 is 4.79 Å². The van der Waals surface area contributed by atoms with Gasteiger partial charge in [-0.2, -0.15) is 5.10 Å². The average Bonchev–Trinajstić information content (AvgIpc) is 3.00. The van der Waals surface area contributed by atoms with E-state index in [4.69, 9.17) is 5.73 Å². The number of aromatic nitrogens is 2. The van der Waals surface area contributed by atoms with Crippen LogP contribution in [-0.4, -0.2) is 39.7 Å². The highest BCUT2D eigenvalue weighted by Crippen LogP contribution is 2.25. The molecule has 2 N–H and O–H groups in total. The van der Waals surface area contributed by atoms with Crippen molar-refractivity contribution in [2.45, 2.75) is 38.1 Å². The Morgan fingerprint density at radius 1 is 1.56 bits per heavy atom. The monoisotopic (exact) mass is 250 g/mol. The zero-order valence-electron chi connectivity index (χ0n) is 11.0. The van der Waals surface area contributed by atoms with Gasteiger partial charge >= 0.3 is 0 Å². The molecular formula is C13H22N4O. The predicted octanol–water partition coefficient (Wildman–Crippen LogP) is 1.15. The second kappa shape index (κ2) is 6.00. The zero-order valence-corrected chi connectivity index (χ0v) is 11.0. The Morgan fingerprint density at radius 3 is 2.83 bits per heavy atom. The average molecular weight is 250 g/mol. The molecule has 1 heterocycles. The molecule has 18 heavy (non-hydrogen) atoms. The summed E-state index contributed by atoms with van der Waals surface area (Å²) in [5.74, 6) is 0.0929. The topological polar surface area (TPSA) is 64.2 Å². The summed E-state index contributed by atoms with van der Waals surface area (Å²) in [7, 11) is 1.81. The smallest absolute Gasteiger partial charge is 0.272 e. The third-order valence-electron chi connectivity index (χ3n) is 3.67. The van der Waals surface area contributed by atoms with E-state index in [0.29, 0.717) is 18.3 Å². The molecule has 100 valence electrons. The number of nitrogens with zero attached hydrogens (tertiary/aromatic N) is 3. The molecule has 2 rings (SSSR count). The van der Waals surface area contributed by atoms with Crippen LogP contribution in [0.15, 0.2) is 12.3 Å². The molecule has 1 amide bonds. The van der Waals surface area contributed by atoms with Crippen molar-refractivity contribution in [3.63, 3.8) is 0 Å². The Hall–Kier alpha value is -1.36. The van der Waals surface area contributed by atoms with Crippen LogP contribution in [0.2, 0.25) is 0 Å². The number of aryl methyl sites for hydroxylation is 1. The van der Waals surface area contributed by atoms with E-state index in [2.05, 4.69) is 5.10 Å². The van der Waals surface area contributed by atoms with Gasteiger partial charge in [0.05, 0.1) is 0 Å². The molecule has 1 aliphatic rings. The minimum Gasteiger partial charge on any atom is -0.334 e. The van der Waals surface area contributed by atoms with Crippen molar-refractivity contribution in [1.82, 2.24) is 14.7 Å².